The zero-order valence-corrected chi connectivity index (χ0v) is 13.0. The molecule has 0 saturated carbocycles. The molecule has 0 aromatic heterocycles. The van der Waals surface area contributed by atoms with Crippen LogP contribution in [0.25, 0.3) is 0 Å². The zero-order valence-electron chi connectivity index (χ0n) is 13.0. The Balaban J connectivity index is 2.72. The third-order valence-electron chi connectivity index (χ3n) is 3.25. The van der Waals surface area contributed by atoms with E-state index in [0.29, 0.717) is 24.9 Å². The molecule has 0 aliphatic carbocycles. The molecule has 21 heavy (non-hydrogen) atoms. The first-order chi connectivity index (χ1) is 10.1. The number of rotatable bonds is 10. The summed E-state index contributed by atoms with van der Waals surface area (Å²) in [6.45, 7) is 4.37. The number of benzene rings is 1. The van der Waals surface area contributed by atoms with Crippen molar-refractivity contribution in [3.05, 3.63) is 23.8 Å². The maximum Gasteiger partial charge on any atom is 0.387 e. The predicted molar refractivity (Wildman–Crippen MR) is 80.1 cm³/mol. The van der Waals surface area contributed by atoms with E-state index in [0.717, 1.165) is 24.8 Å². The number of hydrogen-bond acceptors (Lipinski definition) is 3. The number of nitrogens with one attached hydrogen (secondary N) is 1. The van der Waals surface area contributed by atoms with Crippen LogP contribution in [0.1, 0.15) is 45.6 Å². The van der Waals surface area contributed by atoms with Crippen LogP contribution in [0.3, 0.4) is 0 Å². The first-order valence-electron chi connectivity index (χ1n) is 7.54. The highest BCUT2D eigenvalue weighted by atomic mass is 19.3. The van der Waals surface area contributed by atoms with Crippen LogP contribution in [0.5, 0.6) is 11.5 Å². The van der Waals surface area contributed by atoms with Crippen molar-refractivity contribution in [2.24, 2.45) is 0 Å². The largest absolute Gasteiger partial charge is 0.490 e. The lowest BCUT2D eigenvalue weighted by atomic mass is 10.1. The summed E-state index contributed by atoms with van der Waals surface area (Å²) in [4.78, 5) is 0. The Hall–Kier alpha value is -1.36. The molecule has 0 fully saturated rings. The summed E-state index contributed by atoms with van der Waals surface area (Å²) in [6.07, 6.45) is 3.33. The number of alkyl halides is 2. The molecule has 0 radical (unpaired) electrons. The Bertz CT molecular complexity index is 413. The Morgan fingerprint density at radius 3 is 2.48 bits per heavy atom. The summed E-state index contributed by atoms with van der Waals surface area (Å²) >= 11 is 0. The third kappa shape index (κ3) is 6.29. The summed E-state index contributed by atoms with van der Waals surface area (Å²) in [5.41, 5.74) is 0.995. The van der Waals surface area contributed by atoms with E-state index >= 15 is 0 Å². The van der Waals surface area contributed by atoms with Gasteiger partial charge in [-0.15, -0.1) is 0 Å². The fraction of sp³-hybridized carbons (Fsp3) is 0.625. The Morgan fingerprint density at radius 1 is 1.14 bits per heavy atom. The van der Waals surface area contributed by atoms with Crippen molar-refractivity contribution >= 4 is 0 Å². The molecule has 1 atom stereocenters. The highest BCUT2D eigenvalue weighted by Crippen LogP contribution is 2.29. The van der Waals surface area contributed by atoms with Crippen molar-refractivity contribution < 1.29 is 18.3 Å². The second kappa shape index (κ2) is 9.55. The zero-order chi connectivity index (χ0) is 15.7. The SMILES string of the molecule is CCCC(CC)NCc1ccc(OC(F)F)c(OCC)c1. The van der Waals surface area contributed by atoms with Crippen LogP contribution in [-0.2, 0) is 6.54 Å². The molecule has 0 aliphatic heterocycles. The number of halogens is 2. The van der Waals surface area contributed by atoms with Gasteiger partial charge >= 0.3 is 6.61 Å². The topological polar surface area (TPSA) is 30.5 Å². The van der Waals surface area contributed by atoms with Crippen LogP contribution in [0.15, 0.2) is 18.2 Å². The van der Waals surface area contributed by atoms with Crippen LogP contribution in [0.4, 0.5) is 8.78 Å². The number of ether oxygens (including phenoxy) is 2. The average Bonchev–Trinajstić information content (AvgIpc) is 2.45. The molecule has 1 unspecified atom stereocenters. The van der Waals surface area contributed by atoms with E-state index in [9.17, 15) is 8.78 Å². The second-order valence-electron chi connectivity index (χ2n) is 4.87. The second-order valence-corrected chi connectivity index (χ2v) is 4.87. The predicted octanol–water partition coefficient (Wildman–Crippen LogP) is 4.36. The molecule has 0 bridgehead atoms. The van der Waals surface area contributed by atoms with Gasteiger partial charge in [-0.1, -0.05) is 26.3 Å². The lowest BCUT2D eigenvalue weighted by Gasteiger charge is -2.17. The lowest BCUT2D eigenvalue weighted by molar-refractivity contribution is -0.0514. The Morgan fingerprint density at radius 2 is 1.90 bits per heavy atom. The standard InChI is InChI=1S/C16H25F2NO2/c1-4-7-13(5-2)19-11-12-8-9-14(21-16(17)18)15(10-12)20-6-3/h8-10,13,16,19H,4-7,11H2,1-3H3. The van der Waals surface area contributed by atoms with Crippen LogP contribution >= 0.6 is 0 Å². The van der Waals surface area contributed by atoms with Crippen LogP contribution in [-0.4, -0.2) is 19.3 Å². The van der Waals surface area contributed by atoms with Gasteiger partial charge in [-0.25, -0.2) is 0 Å². The van der Waals surface area contributed by atoms with Crippen molar-refractivity contribution in [1.29, 1.82) is 0 Å². The van der Waals surface area contributed by atoms with Crippen molar-refractivity contribution in [1.82, 2.24) is 5.32 Å². The van der Waals surface area contributed by atoms with Gasteiger partial charge in [-0.3, -0.25) is 0 Å². The smallest absolute Gasteiger partial charge is 0.387 e. The van der Waals surface area contributed by atoms with Crippen molar-refractivity contribution in [3.8, 4) is 11.5 Å². The van der Waals surface area contributed by atoms with Crippen molar-refractivity contribution in [2.75, 3.05) is 6.61 Å². The van der Waals surface area contributed by atoms with E-state index in [1.807, 2.05) is 6.92 Å². The fourth-order valence-electron chi connectivity index (χ4n) is 2.19. The van der Waals surface area contributed by atoms with E-state index < -0.39 is 6.61 Å². The van der Waals surface area contributed by atoms with Crippen LogP contribution in [0.2, 0.25) is 0 Å². The first kappa shape index (κ1) is 17.7. The van der Waals surface area contributed by atoms with Crippen molar-refractivity contribution in [3.63, 3.8) is 0 Å². The molecule has 1 rings (SSSR count). The minimum Gasteiger partial charge on any atom is -0.490 e. The Labute approximate surface area is 125 Å². The molecule has 0 heterocycles. The van der Waals surface area contributed by atoms with E-state index in [2.05, 4.69) is 23.9 Å². The fourth-order valence-corrected chi connectivity index (χ4v) is 2.19. The van der Waals surface area contributed by atoms with Gasteiger partial charge in [0.1, 0.15) is 0 Å². The Kier molecular flexibility index (Phi) is 8.05. The van der Waals surface area contributed by atoms with Gasteiger partial charge in [0.15, 0.2) is 11.5 Å². The quantitative estimate of drug-likeness (QED) is 0.696. The van der Waals surface area contributed by atoms with Gasteiger partial charge in [0.05, 0.1) is 6.61 Å². The van der Waals surface area contributed by atoms with Gasteiger partial charge in [0.2, 0.25) is 0 Å². The molecule has 1 aromatic carbocycles. The summed E-state index contributed by atoms with van der Waals surface area (Å²) in [5.74, 6) is 0.442. The maximum atomic E-state index is 12.3. The van der Waals surface area contributed by atoms with E-state index in [-0.39, 0.29) is 5.75 Å². The maximum absolute atomic E-state index is 12.3. The van der Waals surface area contributed by atoms with Gasteiger partial charge in [-0.2, -0.15) is 8.78 Å². The van der Waals surface area contributed by atoms with Crippen LogP contribution in [0, 0.1) is 0 Å². The molecule has 0 aliphatic rings. The van der Waals surface area contributed by atoms with Gasteiger partial charge in [-0.05, 0) is 37.5 Å². The minimum atomic E-state index is -2.85. The molecular formula is C16H25F2NO2. The summed E-state index contributed by atoms with van der Waals surface area (Å²) in [6, 6.07) is 5.55. The highest BCUT2D eigenvalue weighted by Gasteiger charge is 2.12. The summed E-state index contributed by atoms with van der Waals surface area (Å²) < 4.78 is 34.5. The lowest BCUT2D eigenvalue weighted by Crippen LogP contribution is -2.27. The monoisotopic (exact) mass is 301 g/mol. The molecule has 0 spiro atoms. The molecule has 1 aromatic rings. The molecule has 1 N–H and O–H groups in total. The molecule has 0 saturated heterocycles. The van der Waals surface area contributed by atoms with Gasteiger partial charge in [0.25, 0.3) is 0 Å². The molecule has 3 nitrogen and oxygen atoms in total. The summed E-state index contributed by atoms with van der Waals surface area (Å²) in [7, 11) is 0. The van der Waals surface area contributed by atoms with Crippen LogP contribution < -0.4 is 14.8 Å². The first-order valence-corrected chi connectivity index (χ1v) is 7.54. The molecule has 120 valence electrons. The van der Waals surface area contributed by atoms with Gasteiger partial charge < -0.3 is 14.8 Å². The van der Waals surface area contributed by atoms with Gasteiger partial charge in [0, 0.05) is 12.6 Å². The minimum absolute atomic E-state index is 0.0798. The number of hydrogen-bond donors (Lipinski definition) is 1. The third-order valence-corrected chi connectivity index (χ3v) is 3.25. The normalized spacial score (nSPS) is 12.5. The summed E-state index contributed by atoms with van der Waals surface area (Å²) in [5, 5.41) is 3.47. The molecule has 5 heteroatoms. The van der Waals surface area contributed by atoms with E-state index in [4.69, 9.17) is 4.74 Å². The highest BCUT2D eigenvalue weighted by molar-refractivity contribution is 5.43. The molecule has 0 amide bonds. The molecular weight excluding hydrogens is 276 g/mol. The van der Waals surface area contributed by atoms with E-state index in [1.54, 1.807) is 12.1 Å². The van der Waals surface area contributed by atoms with Crippen molar-refractivity contribution in [2.45, 2.75) is 59.2 Å². The van der Waals surface area contributed by atoms with E-state index in [1.165, 1.54) is 6.07 Å². The average molecular weight is 301 g/mol.